The van der Waals surface area contributed by atoms with Crippen molar-refractivity contribution in [3.05, 3.63) is 34.9 Å². The number of benzene rings is 1. The highest BCUT2D eigenvalue weighted by molar-refractivity contribution is 5.93. The lowest BCUT2D eigenvalue weighted by Crippen LogP contribution is -2.11. The van der Waals surface area contributed by atoms with Crippen LogP contribution in [0.3, 0.4) is 0 Å². The molecule has 2 N–H and O–H groups in total. The van der Waals surface area contributed by atoms with Crippen LogP contribution < -0.4 is 5.73 Å². The number of primary amides is 1. The number of rotatable bonds is 2. The van der Waals surface area contributed by atoms with Crippen molar-refractivity contribution in [2.45, 2.75) is 6.42 Å². The fraction of sp³-hybridized carbons (Fsp3) is 0.0909. The minimum Gasteiger partial charge on any atom is -0.366 e. The van der Waals surface area contributed by atoms with Crippen molar-refractivity contribution in [3.63, 3.8) is 0 Å². The average molecular weight is 202 g/mol. The highest BCUT2D eigenvalue weighted by atomic mass is 19.1. The Kier molecular flexibility index (Phi) is 3.43. The molecule has 74 valence electrons. The van der Waals surface area contributed by atoms with Crippen LogP contribution in [0.4, 0.5) is 4.39 Å². The van der Waals surface area contributed by atoms with Crippen LogP contribution in [0.5, 0.6) is 0 Å². The lowest BCUT2D eigenvalue weighted by atomic mass is 10.0. The quantitative estimate of drug-likeness (QED) is 0.730. The molecule has 0 aliphatic heterocycles. The molecule has 3 nitrogen and oxygen atoms in total. The Bertz CT molecular complexity index is 492. The van der Waals surface area contributed by atoms with E-state index >= 15 is 0 Å². The number of carbonyl (C=O) groups excluding carboxylic acids is 1. The van der Waals surface area contributed by atoms with E-state index in [1.165, 1.54) is 18.3 Å². The summed E-state index contributed by atoms with van der Waals surface area (Å²) >= 11 is 0. The first-order valence-electron chi connectivity index (χ1n) is 4.10. The largest absolute Gasteiger partial charge is 0.366 e. The lowest BCUT2D eigenvalue weighted by molar-refractivity contribution is 0.100. The third-order valence-electron chi connectivity index (χ3n) is 1.86. The van der Waals surface area contributed by atoms with Gasteiger partial charge in [0.25, 0.3) is 0 Å². The third-order valence-corrected chi connectivity index (χ3v) is 1.86. The molecule has 0 bridgehead atoms. The summed E-state index contributed by atoms with van der Waals surface area (Å²) in [5.74, 6) is 1.60. The van der Waals surface area contributed by atoms with Gasteiger partial charge in [-0.05, 0) is 17.7 Å². The van der Waals surface area contributed by atoms with E-state index in [0.717, 1.165) is 0 Å². The summed E-state index contributed by atoms with van der Waals surface area (Å²) in [6.45, 7) is 0. The molecular weight excluding hydrogens is 195 g/mol. The standard InChI is InChI=1S/C11H7FN2O/c12-5-1-2-8-3-4-9(11(14)15)6-10(8)7-13/h3-4,6H,2H2,(H2,14,15). The van der Waals surface area contributed by atoms with Crippen molar-refractivity contribution in [2.75, 3.05) is 0 Å². The van der Waals surface area contributed by atoms with Gasteiger partial charge in [0.1, 0.15) is 6.17 Å². The Morgan fingerprint density at radius 2 is 2.27 bits per heavy atom. The van der Waals surface area contributed by atoms with Crippen LogP contribution in [-0.4, -0.2) is 5.91 Å². The zero-order valence-corrected chi connectivity index (χ0v) is 7.75. The molecule has 0 fully saturated rings. The topological polar surface area (TPSA) is 66.9 Å². The van der Waals surface area contributed by atoms with Gasteiger partial charge in [0.2, 0.25) is 5.91 Å². The van der Waals surface area contributed by atoms with Gasteiger partial charge in [-0.1, -0.05) is 12.0 Å². The van der Waals surface area contributed by atoms with E-state index in [-0.39, 0.29) is 17.5 Å². The Balaban J connectivity index is 3.14. The smallest absolute Gasteiger partial charge is 0.248 e. The van der Waals surface area contributed by atoms with E-state index in [1.807, 2.05) is 6.07 Å². The van der Waals surface area contributed by atoms with Gasteiger partial charge in [0, 0.05) is 12.0 Å². The van der Waals surface area contributed by atoms with Crippen LogP contribution in [0, 0.1) is 23.4 Å². The molecule has 0 aliphatic rings. The number of hydrogen-bond donors (Lipinski definition) is 1. The number of nitriles is 1. The summed E-state index contributed by atoms with van der Waals surface area (Å²) in [6.07, 6.45) is 1.39. The van der Waals surface area contributed by atoms with Crippen LogP contribution >= 0.6 is 0 Å². The van der Waals surface area contributed by atoms with Crippen molar-refractivity contribution in [3.8, 4) is 18.2 Å². The Hall–Kier alpha value is -2.33. The molecule has 0 saturated heterocycles. The van der Waals surface area contributed by atoms with Gasteiger partial charge >= 0.3 is 0 Å². The van der Waals surface area contributed by atoms with Gasteiger partial charge in [-0.25, -0.2) is 0 Å². The normalized spacial score (nSPS) is 8.53. The molecule has 0 heterocycles. The van der Waals surface area contributed by atoms with Crippen LogP contribution in [0.1, 0.15) is 21.5 Å². The molecule has 0 atom stereocenters. The summed E-state index contributed by atoms with van der Waals surface area (Å²) in [5.41, 5.74) is 6.17. The van der Waals surface area contributed by atoms with Crippen molar-refractivity contribution in [1.29, 1.82) is 5.26 Å². The summed E-state index contributed by atoms with van der Waals surface area (Å²) in [5, 5.41) is 8.78. The second-order valence-corrected chi connectivity index (χ2v) is 2.80. The third kappa shape index (κ3) is 2.55. The van der Waals surface area contributed by atoms with Gasteiger partial charge in [0.05, 0.1) is 11.6 Å². The maximum Gasteiger partial charge on any atom is 0.248 e. The van der Waals surface area contributed by atoms with Crippen molar-refractivity contribution in [1.82, 2.24) is 0 Å². The number of carbonyl (C=O) groups is 1. The van der Waals surface area contributed by atoms with Crippen LogP contribution in [0.15, 0.2) is 18.2 Å². The number of nitrogens with two attached hydrogens (primary N) is 1. The molecule has 1 amide bonds. The highest BCUT2D eigenvalue weighted by Crippen LogP contribution is 2.11. The average Bonchev–Trinajstić information content (AvgIpc) is 2.25. The zero-order chi connectivity index (χ0) is 11.3. The summed E-state index contributed by atoms with van der Waals surface area (Å²) in [6, 6.07) is 6.30. The van der Waals surface area contributed by atoms with Gasteiger partial charge in [0.15, 0.2) is 0 Å². The maximum atomic E-state index is 11.6. The molecule has 0 spiro atoms. The predicted octanol–water partition coefficient (Wildman–Crippen LogP) is 1.13. The van der Waals surface area contributed by atoms with E-state index in [4.69, 9.17) is 11.0 Å². The van der Waals surface area contributed by atoms with Crippen LogP contribution in [-0.2, 0) is 6.42 Å². The van der Waals surface area contributed by atoms with Gasteiger partial charge in [-0.2, -0.15) is 5.26 Å². The first-order valence-corrected chi connectivity index (χ1v) is 4.10. The highest BCUT2D eigenvalue weighted by Gasteiger charge is 2.05. The van der Waals surface area contributed by atoms with Crippen molar-refractivity contribution < 1.29 is 9.18 Å². The van der Waals surface area contributed by atoms with E-state index < -0.39 is 5.91 Å². The zero-order valence-electron chi connectivity index (χ0n) is 7.75. The number of hydrogen-bond acceptors (Lipinski definition) is 2. The minimum absolute atomic E-state index is 0.137. The number of nitrogens with zero attached hydrogens (tertiary/aromatic N) is 1. The van der Waals surface area contributed by atoms with E-state index in [1.54, 1.807) is 6.07 Å². The molecule has 0 aromatic heterocycles. The van der Waals surface area contributed by atoms with Gasteiger partial charge in [-0.15, -0.1) is 4.39 Å². The van der Waals surface area contributed by atoms with E-state index in [0.29, 0.717) is 5.56 Å². The first-order chi connectivity index (χ1) is 7.19. The van der Waals surface area contributed by atoms with Crippen molar-refractivity contribution in [2.24, 2.45) is 5.73 Å². The summed E-state index contributed by atoms with van der Waals surface area (Å²) < 4.78 is 11.6. The summed E-state index contributed by atoms with van der Waals surface area (Å²) in [7, 11) is 0. The second-order valence-electron chi connectivity index (χ2n) is 2.80. The lowest BCUT2D eigenvalue weighted by Gasteiger charge is -2.01. The molecule has 1 rings (SSSR count). The Morgan fingerprint density at radius 3 is 2.80 bits per heavy atom. The fourth-order valence-corrected chi connectivity index (χ4v) is 1.12. The maximum absolute atomic E-state index is 11.6. The predicted molar refractivity (Wildman–Crippen MR) is 52.3 cm³/mol. The molecule has 0 aliphatic carbocycles. The number of amides is 1. The van der Waals surface area contributed by atoms with Gasteiger partial charge in [-0.3, -0.25) is 4.79 Å². The summed E-state index contributed by atoms with van der Waals surface area (Å²) in [4.78, 5) is 10.8. The molecule has 0 unspecified atom stereocenters. The molecule has 0 radical (unpaired) electrons. The monoisotopic (exact) mass is 202 g/mol. The van der Waals surface area contributed by atoms with Crippen LogP contribution in [0.2, 0.25) is 0 Å². The first kappa shape index (κ1) is 10.7. The molecule has 1 aromatic rings. The Morgan fingerprint density at radius 1 is 1.53 bits per heavy atom. The second kappa shape index (κ2) is 4.78. The Labute approximate surface area is 86.3 Å². The van der Waals surface area contributed by atoms with Gasteiger partial charge < -0.3 is 5.73 Å². The number of halogens is 1. The van der Waals surface area contributed by atoms with E-state index in [9.17, 15) is 9.18 Å². The molecule has 1 aromatic carbocycles. The minimum atomic E-state index is -0.602. The molecular formula is C11H7FN2O. The van der Waals surface area contributed by atoms with E-state index in [2.05, 4.69) is 5.92 Å². The molecule has 4 heteroatoms. The fourth-order valence-electron chi connectivity index (χ4n) is 1.12. The molecule has 0 saturated carbocycles. The SMILES string of the molecule is N#Cc1cc(C(N)=O)ccc1CC#CF. The molecule has 15 heavy (non-hydrogen) atoms. The van der Waals surface area contributed by atoms with Crippen molar-refractivity contribution >= 4 is 5.91 Å². The van der Waals surface area contributed by atoms with Crippen LogP contribution in [0.25, 0.3) is 0 Å².